The van der Waals surface area contributed by atoms with Crippen molar-refractivity contribution in [3.8, 4) is 11.3 Å². The number of hydrogen-bond donors (Lipinski definition) is 1. The molecule has 0 saturated carbocycles. The van der Waals surface area contributed by atoms with Gasteiger partial charge in [-0.3, -0.25) is 0 Å². The summed E-state index contributed by atoms with van der Waals surface area (Å²) in [7, 11) is 0. The maximum atomic E-state index is 9.80. The van der Waals surface area contributed by atoms with Gasteiger partial charge in [0.15, 0.2) is 0 Å². The molecule has 1 N–H and O–H groups in total. The highest BCUT2D eigenvalue weighted by Crippen LogP contribution is 2.25. The van der Waals surface area contributed by atoms with Crippen LogP contribution in [0.15, 0.2) is 23.6 Å². The molecule has 0 bridgehead atoms. The SMILES string of the molecule is Cc1ccc(-c2csc(CC(C)(C)O)n2)cc1C. The molecule has 2 nitrogen and oxygen atoms in total. The third-order valence-electron chi connectivity index (χ3n) is 2.94. The number of thiazole rings is 1. The van der Waals surface area contributed by atoms with Crippen LogP contribution in [0.4, 0.5) is 0 Å². The van der Waals surface area contributed by atoms with Crippen LogP contribution >= 0.6 is 11.3 Å². The van der Waals surface area contributed by atoms with Crippen LogP contribution in [-0.2, 0) is 6.42 Å². The molecule has 1 aromatic carbocycles. The number of aliphatic hydroxyl groups is 1. The van der Waals surface area contributed by atoms with Crippen molar-refractivity contribution in [3.05, 3.63) is 39.7 Å². The molecule has 1 heterocycles. The summed E-state index contributed by atoms with van der Waals surface area (Å²) in [6.07, 6.45) is 0.600. The number of aromatic nitrogens is 1. The van der Waals surface area contributed by atoms with Crippen molar-refractivity contribution >= 4 is 11.3 Å². The smallest absolute Gasteiger partial charge is 0.0961 e. The second kappa shape index (κ2) is 4.82. The van der Waals surface area contributed by atoms with E-state index in [9.17, 15) is 5.11 Å². The first-order valence-electron chi connectivity index (χ1n) is 6.09. The predicted octanol–water partition coefficient (Wildman–Crippen LogP) is 3.74. The van der Waals surface area contributed by atoms with Crippen LogP contribution in [0.3, 0.4) is 0 Å². The van der Waals surface area contributed by atoms with E-state index in [1.807, 2.05) is 13.8 Å². The summed E-state index contributed by atoms with van der Waals surface area (Å²) in [6.45, 7) is 7.84. The summed E-state index contributed by atoms with van der Waals surface area (Å²) >= 11 is 1.61. The minimum absolute atomic E-state index is 0.600. The average Bonchev–Trinajstić information content (AvgIpc) is 2.68. The van der Waals surface area contributed by atoms with Crippen LogP contribution in [0.2, 0.25) is 0 Å². The van der Waals surface area contributed by atoms with E-state index >= 15 is 0 Å². The van der Waals surface area contributed by atoms with Gasteiger partial charge in [0.1, 0.15) is 0 Å². The van der Waals surface area contributed by atoms with Crippen molar-refractivity contribution in [2.24, 2.45) is 0 Å². The molecule has 0 aliphatic heterocycles. The standard InChI is InChI=1S/C15H19NOS/c1-10-5-6-12(7-11(10)2)13-9-18-14(16-13)8-15(3,4)17/h5-7,9,17H,8H2,1-4H3. The van der Waals surface area contributed by atoms with Crippen molar-refractivity contribution in [3.63, 3.8) is 0 Å². The van der Waals surface area contributed by atoms with Gasteiger partial charge in [0.05, 0.1) is 16.3 Å². The minimum Gasteiger partial charge on any atom is -0.390 e. The Morgan fingerprint density at radius 1 is 1.22 bits per heavy atom. The van der Waals surface area contributed by atoms with Gasteiger partial charge in [0.25, 0.3) is 0 Å². The maximum Gasteiger partial charge on any atom is 0.0961 e. The van der Waals surface area contributed by atoms with E-state index in [1.165, 1.54) is 11.1 Å². The fourth-order valence-electron chi connectivity index (χ4n) is 1.80. The van der Waals surface area contributed by atoms with Gasteiger partial charge < -0.3 is 5.11 Å². The fraction of sp³-hybridized carbons (Fsp3) is 0.400. The summed E-state index contributed by atoms with van der Waals surface area (Å²) < 4.78 is 0. The van der Waals surface area contributed by atoms with E-state index in [0.29, 0.717) is 6.42 Å². The molecule has 0 fully saturated rings. The zero-order valence-corrected chi connectivity index (χ0v) is 12.1. The normalized spacial score (nSPS) is 11.8. The van der Waals surface area contributed by atoms with Crippen LogP contribution in [0, 0.1) is 13.8 Å². The van der Waals surface area contributed by atoms with Crippen molar-refractivity contribution in [1.29, 1.82) is 0 Å². The van der Waals surface area contributed by atoms with Gasteiger partial charge in [-0.25, -0.2) is 4.98 Å². The molecular formula is C15H19NOS. The van der Waals surface area contributed by atoms with Crippen molar-refractivity contribution in [2.45, 2.75) is 39.7 Å². The summed E-state index contributed by atoms with van der Waals surface area (Å²) in [5.41, 5.74) is 4.03. The lowest BCUT2D eigenvalue weighted by Crippen LogP contribution is -2.21. The zero-order valence-electron chi connectivity index (χ0n) is 11.3. The molecule has 0 saturated heterocycles. The summed E-state index contributed by atoms with van der Waals surface area (Å²) in [5, 5.41) is 12.8. The summed E-state index contributed by atoms with van der Waals surface area (Å²) in [6, 6.07) is 6.39. The molecule has 2 rings (SSSR count). The molecule has 0 amide bonds. The van der Waals surface area contributed by atoms with Gasteiger partial charge in [-0.2, -0.15) is 0 Å². The van der Waals surface area contributed by atoms with Crippen LogP contribution in [0.25, 0.3) is 11.3 Å². The van der Waals surface area contributed by atoms with E-state index in [4.69, 9.17) is 0 Å². The first kappa shape index (κ1) is 13.2. The van der Waals surface area contributed by atoms with Gasteiger partial charge in [0, 0.05) is 17.4 Å². The number of rotatable bonds is 3. The van der Waals surface area contributed by atoms with E-state index in [0.717, 1.165) is 16.3 Å². The molecular weight excluding hydrogens is 242 g/mol. The van der Waals surface area contributed by atoms with E-state index in [2.05, 4.69) is 42.4 Å². The number of aryl methyl sites for hydroxylation is 2. The van der Waals surface area contributed by atoms with Gasteiger partial charge in [-0.05, 0) is 44.9 Å². The third kappa shape index (κ3) is 3.18. The Balaban J connectivity index is 2.26. The lowest BCUT2D eigenvalue weighted by Gasteiger charge is -2.14. The quantitative estimate of drug-likeness (QED) is 0.913. The average molecular weight is 261 g/mol. The maximum absolute atomic E-state index is 9.80. The third-order valence-corrected chi connectivity index (χ3v) is 3.79. The van der Waals surface area contributed by atoms with Crippen LogP contribution < -0.4 is 0 Å². The van der Waals surface area contributed by atoms with E-state index in [1.54, 1.807) is 11.3 Å². The first-order valence-corrected chi connectivity index (χ1v) is 6.97. The molecule has 0 atom stereocenters. The van der Waals surface area contributed by atoms with Crippen molar-refractivity contribution in [2.75, 3.05) is 0 Å². The highest BCUT2D eigenvalue weighted by atomic mass is 32.1. The monoisotopic (exact) mass is 261 g/mol. The first-order chi connectivity index (χ1) is 8.35. The lowest BCUT2D eigenvalue weighted by molar-refractivity contribution is 0.0809. The van der Waals surface area contributed by atoms with Crippen molar-refractivity contribution < 1.29 is 5.11 Å². The topological polar surface area (TPSA) is 33.1 Å². The Kier molecular flexibility index (Phi) is 3.55. The zero-order chi connectivity index (χ0) is 13.3. The number of nitrogens with zero attached hydrogens (tertiary/aromatic N) is 1. The van der Waals surface area contributed by atoms with Crippen LogP contribution in [-0.4, -0.2) is 15.7 Å². The summed E-state index contributed by atoms with van der Waals surface area (Å²) in [5.74, 6) is 0. The molecule has 0 aliphatic rings. The van der Waals surface area contributed by atoms with Crippen LogP contribution in [0.1, 0.15) is 30.0 Å². The molecule has 18 heavy (non-hydrogen) atoms. The van der Waals surface area contributed by atoms with Gasteiger partial charge in [0.2, 0.25) is 0 Å². The molecule has 3 heteroatoms. The van der Waals surface area contributed by atoms with Gasteiger partial charge in [-0.1, -0.05) is 12.1 Å². The number of hydrogen-bond acceptors (Lipinski definition) is 3. The Labute approximate surface area is 112 Å². The van der Waals surface area contributed by atoms with Gasteiger partial charge >= 0.3 is 0 Å². The Hall–Kier alpha value is -1.19. The highest BCUT2D eigenvalue weighted by Gasteiger charge is 2.16. The Morgan fingerprint density at radius 3 is 2.56 bits per heavy atom. The second-order valence-electron chi connectivity index (χ2n) is 5.41. The van der Waals surface area contributed by atoms with Gasteiger partial charge in [-0.15, -0.1) is 11.3 Å². The fourth-order valence-corrected chi connectivity index (χ4v) is 2.82. The number of benzene rings is 1. The molecule has 0 radical (unpaired) electrons. The predicted molar refractivity (Wildman–Crippen MR) is 77.0 cm³/mol. The molecule has 0 spiro atoms. The Bertz CT molecular complexity index is 552. The highest BCUT2D eigenvalue weighted by molar-refractivity contribution is 7.09. The van der Waals surface area contributed by atoms with E-state index in [-0.39, 0.29) is 0 Å². The Morgan fingerprint density at radius 2 is 1.94 bits per heavy atom. The molecule has 96 valence electrons. The minimum atomic E-state index is -0.696. The molecule has 0 unspecified atom stereocenters. The molecule has 1 aromatic heterocycles. The lowest BCUT2D eigenvalue weighted by atomic mass is 10.0. The molecule has 0 aliphatic carbocycles. The van der Waals surface area contributed by atoms with Crippen molar-refractivity contribution in [1.82, 2.24) is 4.98 Å². The molecule has 2 aromatic rings. The van der Waals surface area contributed by atoms with Crippen LogP contribution in [0.5, 0.6) is 0 Å². The largest absolute Gasteiger partial charge is 0.390 e. The van der Waals surface area contributed by atoms with E-state index < -0.39 is 5.60 Å². The summed E-state index contributed by atoms with van der Waals surface area (Å²) in [4.78, 5) is 4.60. The second-order valence-corrected chi connectivity index (χ2v) is 6.36.